The minimum absolute atomic E-state index is 0.00516. The molecular formula is C25H31N3O7S. The van der Waals surface area contributed by atoms with Crippen LogP contribution >= 0.6 is 11.3 Å². The minimum Gasteiger partial charge on any atom is -0.473 e. The average molecular weight is 518 g/mol. The lowest BCUT2D eigenvalue weighted by atomic mass is 9.92. The summed E-state index contributed by atoms with van der Waals surface area (Å²) >= 11 is 1.57. The van der Waals surface area contributed by atoms with Crippen molar-refractivity contribution in [1.82, 2.24) is 10.2 Å². The monoisotopic (exact) mass is 517 g/mol. The van der Waals surface area contributed by atoms with Crippen molar-refractivity contribution in [3.8, 4) is 0 Å². The summed E-state index contributed by atoms with van der Waals surface area (Å²) in [6.45, 7) is 5.35. The fraction of sp³-hybridized carbons (Fsp3) is 0.440. The third kappa shape index (κ3) is 7.95. The van der Waals surface area contributed by atoms with Crippen LogP contribution in [-0.4, -0.2) is 84.7 Å². The number of hydrogen-bond donors (Lipinski definition) is 4. The predicted octanol–water partition coefficient (Wildman–Crippen LogP) is 1.87. The summed E-state index contributed by atoms with van der Waals surface area (Å²) in [4.78, 5) is 47.6. The van der Waals surface area contributed by atoms with Gasteiger partial charge in [0.15, 0.2) is 5.78 Å². The molecule has 2 aliphatic rings. The zero-order valence-electron chi connectivity index (χ0n) is 20.0. The number of benzene rings is 1. The molecule has 4 rings (SSSR count). The van der Waals surface area contributed by atoms with E-state index in [1.165, 1.54) is 4.88 Å². The average Bonchev–Trinajstić information content (AvgIpc) is 3.25. The molecule has 36 heavy (non-hydrogen) atoms. The molecule has 0 radical (unpaired) electrons. The molecule has 0 atom stereocenters. The minimum atomic E-state index is -1.82. The molecule has 1 aromatic heterocycles. The number of thiophene rings is 1. The summed E-state index contributed by atoms with van der Waals surface area (Å²) in [6, 6.07) is 9.35. The van der Waals surface area contributed by atoms with Crippen LogP contribution in [0.3, 0.4) is 0 Å². The molecule has 10 nitrogen and oxygen atoms in total. The molecule has 0 spiro atoms. The van der Waals surface area contributed by atoms with E-state index in [0.717, 1.165) is 70.6 Å². The fourth-order valence-corrected chi connectivity index (χ4v) is 5.37. The van der Waals surface area contributed by atoms with Crippen LogP contribution in [0.15, 0.2) is 30.3 Å². The zero-order chi connectivity index (χ0) is 25.9. The van der Waals surface area contributed by atoms with Crippen LogP contribution in [0.25, 0.3) is 0 Å². The number of ether oxygens (including phenoxy) is 1. The van der Waals surface area contributed by atoms with E-state index in [0.29, 0.717) is 16.1 Å². The number of nitrogens with one attached hydrogen (secondary N) is 2. The molecule has 2 aromatic rings. The van der Waals surface area contributed by atoms with Crippen LogP contribution in [0.2, 0.25) is 0 Å². The summed E-state index contributed by atoms with van der Waals surface area (Å²) < 4.78 is 5.35. The highest BCUT2D eigenvalue weighted by Gasteiger charge is 2.27. The Labute approximate surface area is 213 Å². The van der Waals surface area contributed by atoms with Crippen molar-refractivity contribution in [3.05, 3.63) is 51.9 Å². The Balaban J connectivity index is 0.000000538. The number of carboxylic acid groups (broad SMARTS) is 2. The van der Waals surface area contributed by atoms with E-state index in [4.69, 9.17) is 24.5 Å². The predicted molar refractivity (Wildman–Crippen MR) is 135 cm³/mol. The molecule has 1 aliphatic carbocycles. The maximum Gasteiger partial charge on any atom is 0.414 e. The van der Waals surface area contributed by atoms with Gasteiger partial charge >= 0.3 is 11.9 Å². The Bertz CT molecular complexity index is 1050. The number of anilines is 1. The number of morpholine rings is 1. The Hall–Kier alpha value is -3.12. The van der Waals surface area contributed by atoms with Crippen LogP contribution in [0, 0.1) is 0 Å². The SMILES string of the molecule is O=C(CNCCN1CCOCC1)Nc1sc2c(c1C(=O)c1ccccc1)CCCC2.O=C(O)C(=O)O. The number of rotatable bonds is 8. The molecule has 1 saturated heterocycles. The Kier molecular flexibility index (Phi) is 10.6. The molecule has 1 aliphatic heterocycles. The normalized spacial score (nSPS) is 15.2. The van der Waals surface area contributed by atoms with Crippen molar-refractivity contribution in [3.63, 3.8) is 0 Å². The Morgan fingerprint density at radius 3 is 2.31 bits per heavy atom. The number of aliphatic carboxylic acids is 2. The van der Waals surface area contributed by atoms with Gasteiger partial charge in [-0.3, -0.25) is 14.5 Å². The largest absolute Gasteiger partial charge is 0.473 e. The molecule has 4 N–H and O–H groups in total. The molecule has 11 heteroatoms. The van der Waals surface area contributed by atoms with Gasteiger partial charge in [-0.15, -0.1) is 11.3 Å². The topological polar surface area (TPSA) is 145 Å². The van der Waals surface area contributed by atoms with Crippen molar-refractivity contribution >= 4 is 40.0 Å². The first kappa shape index (κ1) is 27.5. The number of carbonyl (C=O) groups is 4. The van der Waals surface area contributed by atoms with Crippen LogP contribution in [0.4, 0.5) is 5.00 Å². The van der Waals surface area contributed by atoms with Gasteiger partial charge in [0.1, 0.15) is 5.00 Å². The molecule has 1 aromatic carbocycles. The van der Waals surface area contributed by atoms with Crippen molar-refractivity contribution in [2.75, 3.05) is 51.3 Å². The number of nitrogens with zero attached hydrogens (tertiary/aromatic N) is 1. The molecule has 0 saturated carbocycles. The molecule has 1 fully saturated rings. The molecule has 2 heterocycles. The van der Waals surface area contributed by atoms with Gasteiger partial charge in [-0.2, -0.15) is 0 Å². The van der Waals surface area contributed by atoms with Crippen LogP contribution in [0.5, 0.6) is 0 Å². The first-order valence-corrected chi connectivity index (χ1v) is 12.7. The lowest BCUT2D eigenvalue weighted by Crippen LogP contribution is -2.41. The third-order valence-corrected chi connectivity index (χ3v) is 7.07. The summed E-state index contributed by atoms with van der Waals surface area (Å²) in [5, 5.41) is 21.7. The van der Waals surface area contributed by atoms with Gasteiger partial charge in [-0.1, -0.05) is 30.3 Å². The van der Waals surface area contributed by atoms with Crippen LogP contribution in [0.1, 0.15) is 39.2 Å². The zero-order valence-corrected chi connectivity index (χ0v) is 20.8. The maximum atomic E-state index is 13.2. The summed E-state index contributed by atoms with van der Waals surface area (Å²) in [6.07, 6.45) is 4.13. The highest BCUT2D eigenvalue weighted by Crippen LogP contribution is 2.39. The highest BCUT2D eigenvalue weighted by atomic mass is 32.1. The summed E-state index contributed by atoms with van der Waals surface area (Å²) in [7, 11) is 0. The van der Waals surface area contributed by atoms with E-state index in [2.05, 4.69) is 15.5 Å². The number of amides is 1. The van der Waals surface area contributed by atoms with Gasteiger partial charge in [0.05, 0.1) is 25.3 Å². The number of carboxylic acids is 2. The van der Waals surface area contributed by atoms with Gasteiger partial charge < -0.3 is 25.6 Å². The van der Waals surface area contributed by atoms with Gasteiger partial charge in [0.2, 0.25) is 5.91 Å². The van der Waals surface area contributed by atoms with Crippen molar-refractivity contribution < 1.29 is 34.1 Å². The second kappa shape index (κ2) is 13.8. The first-order valence-electron chi connectivity index (χ1n) is 11.9. The van der Waals surface area contributed by atoms with Crippen LogP contribution in [-0.2, 0) is 32.0 Å². The second-order valence-corrected chi connectivity index (χ2v) is 9.50. The smallest absolute Gasteiger partial charge is 0.414 e. The summed E-state index contributed by atoms with van der Waals surface area (Å²) in [5.74, 6) is -3.74. The molecular weight excluding hydrogens is 486 g/mol. The quantitative estimate of drug-likeness (QED) is 0.234. The van der Waals surface area contributed by atoms with E-state index in [1.54, 1.807) is 11.3 Å². The van der Waals surface area contributed by atoms with Gasteiger partial charge in [-0.25, -0.2) is 9.59 Å². The number of carbonyl (C=O) groups excluding carboxylic acids is 2. The van der Waals surface area contributed by atoms with Gasteiger partial charge in [0, 0.05) is 36.6 Å². The standard InChI is InChI=1S/C23H29N3O3S.C2H2O4/c27-20(16-24-10-11-26-12-14-29-15-13-26)25-23-21(18-8-4-5-9-19(18)30-23)22(28)17-6-2-1-3-7-17;3-1(4)2(5)6/h1-3,6-7,24H,4-5,8-16H2,(H,25,27);(H,3,4)(H,5,6). The fourth-order valence-electron chi connectivity index (χ4n) is 4.06. The summed E-state index contributed by atoms with van der Waals surface area (Å²) in [5.41, 5.74) is 2.50. The van der Waals surface area contributed by atoms with E-state index >= 15 is 0 Å². The Morgan fingerprint density at radius 2 is 1.64 bits per heavy atom. The first-order chi connectivity index (χ1) is 17.4. The lowest BCUT2D eigenvalue weighted by molar-refractivity contribution is -0.159. The highest BCUT2D eigenvalue weighted by molar-refractivity contribution is 7.17. The Morgan fingerprint density at radius 1 is 0.972 bits per heavy atom. The number of ketones is 1. The van der Waals surface area contributed by atoms with Gasteiger partial charge in [-0.05, 0) is 31.2 Å². The van der Waals surface area contributed by atoms with Crippen molar-refractivity contribution in [2.24, 2.45) is 0 Å². The van der Waals surface area contributed by atoms with E-state index in [9.17, 15) is 9.59 Å². The van der Waals surface area contributed by atoms with E-state index in [-0.39, 0.29) is 18.2 Å². The molecule has 0 unspecified atom stereocenters. The van der Waals surface area contributed by atoms with E-state index in [1.807, 2.05) is 30.3 Å². The van der Waals surface area contributed by atoms with Crippen LogP contribution < -0.4 is 10.6 Å². The molecule has 194 valence electrons. The maximum absolute atomic E-state index is 13.2. The van der Waals surface area contributed by atoms with Crippen molar-refractivity contribution in [1.29, 1.82) is 0 Å². The lowest BCUT2D eigenvalue weighted by Gasteiger charge is -2.26. The van der Waals surface area contributed by atoms with Gasteiger partial charge in [0.25, 0.3) is 0 Å². The third-order valence-electron chi connectivity index (χ3n) is 5.86. The van der Waals surface area contributed by atoms with E-state index < -0.39 is 11.9 Å². The van der Waals surface area contributed by atoms with Crippen molar-refractivity contribution in [2.45, 2.75) is 25.7 Å². The number of fused-ring (bicyclic) bond motifs is 1. The second-order valence-electron chi connectivity index (χ2n) is 8.40. The molecule has 1 amide bonds. The number of aryl methyl sites for hydroxylation is 1. The number of hydrogen-bond acceptors (Lipinski definition) is 8. The molecule has 0 bridgehead atoms.